The Labute approximate surface area is 264 Å². The van der Waals surface area contributed by atoms with Crippen molar-refractivity contribution in [2.24, 2.45) is 17.3 Å². The zero-order valence-corrected chi connectivity index (χ0v) is 27.8. The SMILES string of the molecule is CCC(C)C1OC(=O)C(C)(C)C(=O)C(Cc2ccccc2)OC(=O)[C@H](C(C)C)OC(=O)[C@@H](NC(=O)OC(C)(C)C)[C@@H](C)OC1=O. The van der Waals surface area contributed by atoms with Crippen LogP contribution in [-0.2, 0) is 54.1 Å². The topological polar surface area (TPSA) is 161 Å². The van der Waals surface area contributed by atoms with E-state index in [0.717, 1.165) is 0 Å². The van der Waals surface area contributed by atoms with Gasteiger partial charge in [0.1, 0.15) is 17.1 Å². The van der Waals surface area contributed by atoms with Gasteiger partial charge in [0, 0.05) is 18.3 Å². The first kappa shape index (κ1) is 37.2. The summed E-state index contributed by atoms with van der Waals surface area (Å²) in [4.78, 5) is 80.7. The van der Waals surface area contributed by atoms with E-state index in [4.69, 9.17) is 23.7 Å². The van der Waals surface area contributed by atoms with Crippen LogP contribution in [0.4, 0.5) is 4.79 Å². The van der Waals surface area contributed by atoms with Gasteiger partial charge in [-0.05, 0) is 53.5 Å². The minimum atomic E-state index is -1.86. The third-order valence-corrected chi connectivity index (χ3v) is 7.35. The molecule has 1 saturated heterocycles. The lowest BCUT2D eigenvalue weighted by Crippen LogP contribution is -2.53. The highest BCUT2D eigenvalue weighted by Crippen LogP contribution is 2.28. The van der Waals surface area contributed by atoms with Gasteiger partial charge in [0.2, 0.25) is 12.2 Å². The molecule has 0 saturated carbocycles. The molecule has 12 nitrogen and oxygen atoms in total. The van der Waals surface area contributed by atoms with Crippen LogP contribution in [0.2, 0.25) is 0 Å². The van der Waals surface area contributed by atoms with Crippen LogP contribution in [0.5, 0.6) is 0 Å². The van der Waals surface area contributed by atoms with Gasteiger partial charge in [-0.15, -0.1) is 0 Å². The number of carbonyl (C=O) groups excluding carboxylic acids is 6. The van der Waals surface area contributed by atoms with Crippen LogP contribution >= 0.6 is 0 Å². The molecule has 2 rings (SSSR count). The lowest BCUT2D eigenvalue weighted by atomic mass is 9.83. The summed E-state index contributed by atoms with van der Waals surface area (Å²) in [6.07, 6.45) is -6.52. The summed E-state index contributed by atoms with van der Waals surface area (Å²) in [6.45, 7) is 15.5. The number of carbonyl (C=O) groups is 6. The van der Waals surface area contributed by atoms with E-state index in [0.29, 0.717) is 12.0 Å². The quantitative estimate of drug-likeness (QED) is 0.273. The van der Waals surface area contributed by atoms with E-state index in [9.17, 15) is 28.8 Å². The minimum Gasteiger partial charge on any atom is -0.457 e. The van der Waals surface area contributed by atoms with Crippen LogP contribution in [0.3, 0.4) is 0 Å². The average Bonchev–Trinajstić information content (AvgIpc) is 2.94. The number of ether oxygens (including phenoxy) is 5. The van der Waals surface area contributed by atoms with Crippen LogP contribution in [0, 0.1) is 17.3 Å². The van der Waals surface area contributed by atoms with Gasteiger partial charge in [-0.1, -0.05) is 58.0 Å². The van der Waals surface area contributed by atoms with E-state index in [1.165, 1.54) is 20.8 Å². The Hall–Kier alpha value is -3.96. The standard InChI is InChI=1S/C33H47NO11/c1-11-19(4)25-29(38)41-20(5)23(34-31(40)45-32(6,7)8)27(36)43-24(18(2)3)28(37)42-22(17-21-15-13-12-14-16-21)26(35)33(9,10)30(39)44-25/h12-16,18-20,22-25H,11,17H2,1-10H3,(H,34,40)/t19?,20-,22?,23+,24+,25?/m1/s1. The highest BCUT2D eigenvalue weighted by molar-refractivity contribution is 6.06. The Morgan fingerprint density at radius 1 is 0.889 bits per heavy atom. The second-order valence-electron chi connectivity index (χ2n) is 13.2. The Balaban J connectivity index is 2.65. The summed E-state index contributed by atoms with van der Waals surface area (Å²) in [6, 6.07) is 7.09. The lowest BCUT2D eigenvalue weighted by Gasteiger charge is -2.30. The van der Waals surface area contributed by atoms with E-state index in [1.807, 2.05) is 0 Å². The number of hydrogen-bond donors (Lipinski definition) is 1. The van der Waals surface area contributed by atoms with Crippen molar-refractivity contribution in [3.63, 3.8) is 0 Å². The largest absolute Gasteiger partial charge is 0.457 e. The van der Waals surface area contributed by atoms with E-state index in [2.05, 4.69) is 5.32 Å². The lowest BCUT2D eigenvalue weighted by molar-refractivity contribution is -0.183. The summed E-state index contributed by atoms with van der Waals surface area (Å²) in [5.74, 6) is -6.15. The molecule has 250 valence electrons. The van der Waals surface area contributed by atoms with E-state index >= 15 is 0 Å². The van der Waals surface area contributed by atoms with Crippen molar-refractivity contribution in [3.05, 3.63) is 35.9 Å². The second-order valence-corrected chi connectivity index (χ2v) is 13.2. The fourth-order valence-corrected chi connectivity index (χ4v) is 4.38. The van der Waals surface area contributed by atoms with Crippen LogP contribution < -0.4 is 5.32 Å². The number of cyclic esters (lactones) is 4. The summed E-state index contributed by atoms with van der Waals surface area (Å²) in [7, 11) is 0. The van der Waals surface area contributed by atoms with Crippen LogP contribution in [0.1, 0.15) is 81.2 Å². The van der Waals surface area contributed by atoms with Crippen molar-refractivity contribution in [1.29, 1.82) is 0 Å². The first-order valence-electron chi connectivity index (χ1n) is 15.2. The molecule has 0 aliphatic carbocycles. The summed E-state index contributed by atoms with van der Waals surface area (Å²) >= 11 is 0. The van der Waals surface area contributed by atoms with Gasteiger partial charge >= 0.3 is 30.0 Å². The fraction of sp³-hybridized carbons (Fsp3) is 0.636. The van der Waals surface area contributed by atoms with Crippen LogP contribution in [0.25, 0.3) is 0 Å². The van der Waals surface area contributed by atoms with Crippen LogP contribution in [-0.4, -0.2) is 71.8 Å². The Kier molecular flexibility index (Phi) is 12.7. The van der Waals surface area contributed by atoms with E-state index in [-0.39, 0.29) is 6.42 Å². The number of rotatable bonds is 6. The van der Waals surface area contributed by atoms with Gasteiger partial charge in [-0.3, -0.25) is 9.59 Å². The molecule has 45 heavy (non-hydrogen) atoms. The molecule has 3 unspecified atom stereocenters. The Morgan fingerprint density at radius 3 is 2.00 bits per heavy atom. The maximum Gasteiger partial charge on any atom is 0.408 e. The maximum absolute atomic E-state index is 13.9. The molecule has 1 fully saturated rings. The predicted molar refractivity (Wildman–Crippen MR) is 162 cm³/mol. The number of hydrogen-bond acceptors (Lipinski definition) is 11. The van der Waals surface area contributed by atoms with Gasteiger partial charge in [-0.2, -0.15) is 0 Å². The molecule has 0 bridgehead atoms. The third-order valence-electron chi connectivity index (χ3n) is 7.35. The Morgan fingerprint density at radius 2 is 1.47 bits per heavy atom. The molecule has 1 aromatic rings. The molecule has 1 heterocycles. The zero-order valence-electron chi connectivity index (χ0n) is 27.8. The van der Waals surface area contributed by atoms with Crippen molar-refractivity contribution < 1.29 is 52.5 Å². The molecule has 1 amide bonds. The molecule has 1 aromatic carbocycles. The summed E-state index contributed by atoms with van der Waals surface area (Å²) < 4.78 is 27.7. The van der Waals surface area contributed by atoms with Crippen molar-refractivity contribution in [2.45, 2.75) is 118 Å². The molecule has 0 radical (unpaired) electrons. The first-order chi connectivity index (χ1) is 20.8. The van der Waals surface area contributed by atoms with Crippen molar-refractivity contribution >= 4 is 35.8 Å². The molecule has 0 spiro atoms. The first-order valence-corrected chi connectivity index (χ1v) is 15.2. The van der Waals surface area contributed by atoms with Gasteiger partial charge in [0.15, 0.2) is 17.9 Å². The van der Waals surface area contributed by atoms with E-state index in [1.54, 1.807) is 78.8 Å². The molecule has 1 aliphatic heterocycles. The average molecular weight is 634 g/mol. The number of benzene rings is 1. The highest BCUT2D eigenvalue weighted by Gasteiger charge is 2.47. The molecular weight excluding hydrogens is 586 g/mol. The van der Waals surface area contributed by atoms with E-state index < -0.39 is 89.1 Å². The molecular formula is C33H47NO11. The second kappa shape index (κ2) is 15.4. The number of amides is 1. The zero-order chi connectivity index (χ0) is 34.3. The Bertz CT molecular complexity index is 1230. The normalized spacial score (nSPS) is 25.9. The number of Topliss-reactive ketones (excluding diaryl/α,β-unsaturated/α-hetero) is 1. The van der Waals surface area contributed by atoms with Gasteiger partial charge in [0.05, 0.1) is 0 Å². The third kappa shape index (κ3) is 10.3. The summed E-state index contributed by atoms with van der Waals surface area (Å²) in [5.41, 5.74) is -2.15. The molecule has 12 heteroatoms. The number of ketones is 1. The molecule has 1 N–H and O–H groups in total. The minimum absolute atomic E-state index is 0.0857. The van der Waals surface area contributed by atoms with Gasteiger partial charge in [-0.25, -0.2) is 19.2 Å². The van der Waals surface area contributed by atoms with Crippen molar-refractivity contribution in [2.75, 3.05) is 0 Å². The number of esters is 4. The van der Waals surface area contributed by atoms with Crippen molar-refractivity contribution in [1.82, 2.24) is 5.32 Å². The van der Waals surface area contributed by atoms with Crippen molar-refractivity contribution in [3.8, 4) is 0 Å². The smallest absolute Gasteiger partial charge is 0.408 e. The molecule has 1 aliphatic rings. The fourth-order valence-electron chi connectivity index (χ4n) is 4.38. The predicted octanol–water partition coefficient (Wildman–Crippen LogP) is 4.10. The van der Waals surface area contributed by atoms with Gasteiger partial charge < -0.3 is 29.0 Å². The highest BCUT2D eigenvalue weighted by atomic mass is 16.6. The monoisotopic (exact) mass is 633 g/mol. The molecule has 6 atom stereocenters. The molecule has 0 aromatic heterocycles. The number of nitrogens with one attached hydrogen (secondary N) is 1. The van der Waals surface area contributed by atoms with Crippen LogP contribution in [0.15, 0.2) is 30.3 Å². The summed E-state index contributed by atoms with van der Waals surface area (Å²) in [5, 5.41) is 2.36. The number of alkyl carbamates (subject to hydrolysis) is 1. The maximum atomic E-state index is 13.9. The van der Waals surface area contributed by atoms with Gasteiger partial charge in [0.25, 0.3) is 0 Å².